The number of nitrogen functional groups attached to an aromatic ring is 1. The Kier molecular flexibility index (Phi) is 3.89. The largest absolute Gasteiger partial charge is 0.397 e. The van der Waals surface area contributed by atoms with Gasteiger partial charge in [-0.2, -0.15) is 0 Å². The van der Waals surface area contributed by atoms with Gasteiger partial charge in [0.2, 0.25) is 0 Å². The first-order valence-corrected chi connectivity index (χ1v) is 6.44. The molecule has 5 heteroatoms. The first-order valence-electron chi connectivity index (χ1n) is 5.64. The highest BCUT2D eigenvalue weighted by atomic mass is 79.9. The van der Waals surface area contributed by atoms with Gasteiger partial charge in [-0.05, 0) is 34.8 Å². The summed E-state index contributed by atoms with van der Waals surface area (Å²) in [4.78, 5) is 2.05. The molecule has 0 spiro atoms. The number of rotatable bonds is 2. The molecular weight excluding hydrogens is 287 g/mol. The summed E-state index contributed by atoms with van der Waals surface area (Å²) in [6, 6.07) is 3.46. The van der Waals surface area contributed by atoms with Crippen LogP contribution in [0.1, 0.15) is 12.8 Å². The van der Waals surface area contributed by atoms with Crippen molar-refractivity contribution in [2.75, 3.05) is 30.9 Å². The Morgan fingerprint density at radius 3 is 2.71 bits per heavy atom. The summed E-state index contributed by atoms with van der Waals surface area (Å²) >= 11 is 3.13. The van der Waals surface area contributed by atoms with E-state index in [4.69, 9.17) is 10.5 Å². The molecule has 0 unspecified atom stereocenters. The smallest absolute Gasteiger partial charge is 0.139 e. The van der Waals surface area contributed by atoms with Crippen molar-refractivity contribution < 1.29 is 9.13 Å². The average Bonchev–Trinajstić information content (AvgIpc) is 2.34. The summed E-state index contributed by atoms with van der Waals surface area (Å²) in [6.45, 7) is 1.52. The van der Waals surface area contributed by atoms with Crippen LogP contribution in [0.5, 0.6) is 0 Å². The molecule has 2 rings (SSSR count). The summed E-state index contributed by atoms with van der Waals surface area (Å²) in [7, 11) is 1.95. The number of hydrogen-bond donors (Lipinski definition) is 1. The van der Waals surface area contributed by atoms with Crippen LogP contribution in [0.3, 0.4) is 0 Å². The van der Waals surface area contributed by atoms with Crippen molar-refractivity contribution >= 4 is 27.3 Å². The number of halogens is 2. The molecule has 1 aliphatic rings. The highest BCUT2D eigenvalue weighted by Gasteiger charge is 2.21. The summed E-state index contributed by atoms with van der Waals surface area (Å²) < 4.78 is 19.3. The van der Waals surface area contributed by atoms with Gasteiger partial charge in [-0.15, -0.1) is 0 Å². The van der Waals surface area contributed by atoms with Gasteiger partial charge in [0.15, 0.2) is 0 Å². The van der Waals surface area contributed by atoms with Crippen LogP contribution >= 0.6 is 15.9 Å². The van der Waals surface area contributed by atoms with Crippen LogP contribution < -0.4 is 10.6 Å². The summed E-state index contributed by atoms with van der Waals surface area (Å²) in [5, 5.41) is 0. The Morgan fingerprint density at radius 1 is 1.41 bits per heavy atom. The minimum atomic E-state index is -0.284. The maximum absolute atomic E-state index is 13.5. The van der Waals surface area contributed by atoms with Crippen molar-refractivity contribution in [3.05, 3.63) is 22.4 Å². The maximum Gasteiger partial charge on any atom is 0.139 e. The van der Waals surface area contributed by atoms with E-state index in [1.54, 1.807) is 6.07 Å². The van der Waals surface area contributed by atoms with Crippen LogP contribution in [-0.2, 0) is 4.74 Å². The number of ether oxygens (including phenoxy) is 1. The lowest BCUT2D eigenvalue weighted by Gasteiger charge is -2.33. The lowest BCUT2D eigenvalue weighted by Crippen LogP contribution is -2.37. The molecular formula is C12H16BrFN2O. The van der Waals surface area contributed by atoms with Gasteiger partial charge in [-0.3, -0.25) is 0 Å². The van der Waals surface area contributed by atoms with E-state index in [1.807, 2.05) is 11.9 Å². The Bertz CT molecular complexity index is 408. The van der Waals surface area contributed by atoms with Crippen LogP contribution in [0.25, 0.3) is 0 Å². The molecule has 1 aliphatic heterocycles. The van der Waals surface area contributed by atoms with E-state index >= 15 is 0 Å². The predicted octanol–water partition coefficient (Wildman–Crippen LogP) is 2.79. The van der Waals surface area contributed by atoms with Gasteiger partial charge in [-0.1, -0.05) is 0 Å². The highest BCUT2D eigenvalue weighted by molar-refractivity contribution is 9.10. The molecule has 0 radical (unpaired) electrons. The zero-order valence-electron chi connectivity index (χ0n) is 9.75. The van der Waals surface area contributed by atoms with Crippen LogP contribution in [0, 0.1) is 5.82 Å². The standard InChI is InChI=1S/C12H16BrFN2O/c1-16(8-2-4-17-5-3-8)12-7-10(14)9(13)6-11(12)15/h6-8H,2-5,15H2,1H3. The first kappa shape index (κ1) is 12.6. The highest BCUT2D eigenvalue weighted by Crippen LogP contribution is 2.31. The monoisotopic (exact) mass is 302 g/mol. The van der Waals surface area contributed by atoms with Crippen molar-refractivity contribution in [3.63, 3.8) is 0 Å². The van der Waals surface area contributed by atoms with E-state index in [0.29, 0.717) is 16.2 Å². The Hall–Kier alpha value is -0.810. The van der Waals surface area contributed by atoms with Crippen molar-refractivity contribution in [1.29, 1.82) is 0 Å². The molecule has 3 nitrogen and oxygen atoms in total. The zero-order valence-corrected chi connectivity index (χ0v) is 11.3. The number of hydrogen-bond acceptors (Lipinski definition) is 3. The summed E-state index contributed by atoms with van der Waals surface area (Å²) in [5.41, 5.74) is 7.27. The molecule has 0 amide bonds. The van der Waals surface area contributed by atoms with Crippen LogP contribution in [0.4, 0.5) is 15.8 Å². The molecule has 1 aromatic rings. The van der Waals surface area contributed by atoms with Gasteiger partial charge >= 0.3 is 0 Å². The topological polar surface area (TPSA) is 38.5 Å². The van der Waals surface area contributed by atoms with Gasteiger partial charge < -0.3 is 15.4 Å². The fourth-order valence-corrected chi connectivity index (χ4v) is 2.49. The number of anilines is 2. The third-order valence-corrected chi connectivity index (χ3v) is 3.80. The maximum atomic E-state index is 13.5. The number of nitrogens with two attached hydrogens (primary N) is 1. The molecule has 1 saturated heterocycles. The third kappa shape index (κ3) is 2.72. The second kappa shape index (κ2) is 5.23. The molecule has 1 fully saturated rings. The van der Waals surface area contributed by atoms with Crippen LogP contribution in [0.15, 0.2) is 16.6 Å². The van der Waals surface area contributed by atoms with E-state index in [1.165, 1.54) is 6.07 Å². The Labute approximate surface area is 109 Å². The van der Waals surface area contributed by atoms with Gasteiger partial charge in [0.05, 0.1) is 15.8 Å². The van der Waals surface area contributed by atoms with Crippen molar-refractivity contribution in [1.82, 2.24) is 0 Å². The molecule has 94 valence electrons. The molecule has 0 aliphatic carbocycles. The van der Waals surface area contributed by atoms with Crippen LogP contribution in [-0.4, -0.2) is 26.3 Å². The lowest BCUT2D eigenvalue weighted by molar-refractivity contribution is 0.0855. The minimum absolute atomic E-state index is 0.284. The summed E-state index contributed by atoms with van der Waals surface area (Å²) in [6.07, 6.45) is 1.90. The minimum Gasteiger partial charge on any atom is -0.397 e. The van der Waals surface area contributed by atoms with E-state index in [0.717, 1.165) is 31.7 Å². The average molecular weight is 303 g/mol. The molecule has 17 heavy (non-hydrogen) atoms. The number of nitrogens with zero attached hydrogens (tertiary/aromatic N) is 1. The molecule has 2 N–H and O–H groups in total. The van der Waals surface area contributed by atoms with Gasteiger partial charge in [0.25, 0.3) is 0 Å². The molecule has 0 bridgehead atoms. The van der Waals surface area contributed by atoms with E-state index in [9.17, 15) is 4.39 Å². The normalized spacial score (nSPS) is 17.1. The molecule has 0 aromatic heterocycles. The second-order valence-electron chi connectivity index (χ2n) is 4.28. The van der Waals surface area contributed by atoms with Gasteiger partial charge in [0.1, 0.15) is 5.82 Å². The lowest BCUT2D eigenvalue weighted by atomic mass is 10.1. The van der Waals surface area contributed by atoms with E-state index < -0.39 is 0 Å². The summed E-state index contributed by atoms with van der Waals surface area (Å²) in [5.74, 6) is -0.284. The van der Waals surface area contributed by atoms with Crippen molar-refractivity contribution in [3.8, 4) is 0 Å². The molecule has 0 atom stereocenters. The zero-order chi connectivity index (χ0) is 12.4. The van der Waals surface area contributed by atoms with Gasteiger partial charge in [0, 0.05) is 32.4 Å². The molecule has 1 aromatic carbocycles. The van der Waals surface area contributed by atoms with E-state index in [2.05, 4.69) is 15.9 Å². The predicted molar refractivity (Wildman–Crippen MR) is 70.8 cm³/mol. The number of benzene rings is 1. The van der Waals surface area contributed by atoms with Crippen molar-refractivity contribution in [2.45, 2.75) is 18.9 Å². The Balaban J connectivity index is 2.23. The van der Waals surface area contributed by atoms with Crippen molar-refractivity contribution in [2.24, 2.45) is 0 Å². The SMILES string of the molecule is CN(c1cc(F)c(Br)cc1N)C1CCOCC1. The fraction of sp³-hybridized carbons (Fsp3) is 0.500. The Morgan fingerprint density at radius 2 is 2.06 bits per heavy atom. The third-order valence-electron chi connectivity index (χ3n) is 3.19. The first-order chi connectivity index (χ1) is 8.09. The van der Waals surface area contributed by atoms with Gasteiger partial charge in [-0.25, -0.2) is 4.39 Å². The van der Waals surface area contributed by atoms with E-state index in [-0.39, 0.29) is 5.82 Å². The molecule has 0 saturated carbocycles. The van der Waals surface area contributed by atoms with Crippen LogP contribution in [0.2, 0.25) is 0 Å². The fourth-order valence-electron chi connectivity index (χ4n) is 2.13. The second-order valence-corrected chi connectivity index (χ2v) is 5.13. The quantitative estimate of drug-likeness (QED) is 0.854. The molecule has 1 heterocycles.